The van der Waals surface area contributed by atoms with E-state index in [-0.39, 0.29) is 17.7 Å². The van der Waals surface area contributed by atoms with Crippen molar-refractivity contribution >= 4 is 11.9 Å². The highest BCUT2D eigenvalue weighted by Crippen LogP contribution is 2.30. The Morgan fingerprint density at radius 3 is 2.61 bits per heavy atom. The third kappa shape index (κ3) is 3.73. The Kier molecular flexibility index (Phi) is 5.14. The van der Waals surface area contributed by atoms with Crippen LogP contribution in [0, 0.1) is 29.1 Å². The number of hydrogen-bond acceptors (Lipinski definition) is 3. The van der Waals surface area contributed by atoms with E-state index in [4.69, 9.17) is 10.4 Å². The van der Waals surface area contributed by atoms with E-state index in [0.717, 1.165) is 12.8 Å². The zero-order chi connectivity index (χ0) is 13.7. The standard InChI is InChI=1S/C13H20N2O3/c1-9(7-14)8-15(2)12(16)10-4-3-5-11(6-10)13(17)18/h9-11H,3-6,8H2,1-2H3,(H,17,18). The molecule has 1 saturated carbocycles. The lowest BCUT2D eigenvalue weighted by Crippen LogP contribution is -2.38. The maximum absolute atomic E-state index is 12.1. The van der Waals surface area contributed by atoms with Crippen molar-refractivity contribution in [2.75, 3.05) is 13.6 Å². The molecule has 0 aromatic heterocycles. The minimum atomic E-state index is -0.805. The Hall–Kier alpha value is -1.57. The van der Waals surface area contributed by atoms with Crippen LogP contribution in [0.4, 0.5) is 0 Å². The van der Waals surface area contributed by atoms with Crippen LogP contribution in [-0.2, 0) is 9.59 Å². The predicted molar refractivity (Wildman–Crippen MR) is 65.5 cm³/mol. The third-order valence-electron chi connectivity index (χ3n) is 3.52. The molecule has 100 valence electrons. The molecule has 1 amide bonds. The second kappa shape index (κ2) is 6.39. The molecule has 3 atom stereocenters. The first-order chi connectivity index (χ1) is 8.45. The number of nitriles is 1. The molecule has 0 aliphatic heterocycles. The van der Waals surface area contributed by atoms with Crippen LogP contribution >= 0.6 is 0 Å². The lowest BCUT2D eigenvalue weighted by molar-refractivity contribution is -0.145. The maximum atomic E-state index is 12.1. The normalized spacial score (nSPS) is 24.9. The topological polar surface area (TPSA) is 81.4 Å². The smallest absolute Gasteiger partial charge is 0.306 e. The van der Waals surface area contributed by atoms with Gasteiger partial charge in [-0.05, 0) is 26.2 Å². The predicted octanol–water partition coefficient (Wildman–Crippen LogP) is 1.50. The average Bonchev–Trinajstić information content (AvgIpc) is 2.37. The van der Waals surface area contributed by atoms with Crippen LogP contribution in [0.25, 0.3) is 0 Å². The van der Waals surface area contributed by atoms with E-state index in [9.17, 15) is 9.59 Å². The summed E-state index contributed by atoms with van der Waals surface area (Å²) in [5.41, 5.74) is 0. The van der Waals surface area contributed by atoms with Gasteiger partial charge in [0.05, 0.1) is 17.9 Å². The molecule has 0 bridgehead atoms. The number of nitrogens with zero attached hydrogens (tertiary/aromatic N) is 2. The number of hydrogen-bond donors (Lipinski definition) is 1. The Balaban J connectivity index is 2.55. The molecule has 0 spiro atoms. The molecule has 1 N–H and O–H groups in total. The van der Waals surface area contributed by atoms with E-state index in [2.05, 4.69) is 6.07 Å². The van der Waals surface area contributed by atoms with E-state index in [0.29, 0.717) is 19.4 Å². The summed E-state index contributed by atoms with van der Waals surface area (Å²) in [5.74, 6) is -1.62. The number of carbonyl (C=O) groups excluding carboxylic acids is 1. The van der Waals surface area contributed by atoms with Gasteiger partial charge in [0.2, 0.25) is 5.91 Å². The largest absolute Gasteiger partial charge is 0.481 e. The summed E-state index contributed by atoms with van der Waals surface area (Å²) in [6, 6.07) is 2.09. The van der Waals surface area contributed by atoms with E-state index in [1.165, 1.54) is 0 Å². The van der Waals surface area contributed by atoms with Crippen molar-refractivity contribution in [1.29, 1.82) is 5.26 Å². The quantitative estimate of drug-likeness (QED) is 0.822. The summed E-state index contributed by atoms with van der Waals surface area (Å²) >= 11 is 0. The number of aliphatic carboxylic acids is 1. The molecule has 1 aliphatic rings. The zero-order valence-corrected chi connectivity index (χ0v) is 10.9. The first-order valence-electron chi connectivity index (χ1n) is 6.33. The first kappa shape index (κ1) is 14.5. The fourth-order valence-corrected chi connectivity index (χ4v) is 2.49. The zero-order valence-electron chi connectivity index (χ0n) is 10.9. The number of carbonyl (C=O) groups is 2. The summed E-state index contributed by atoms with van der Waals surface area (Å²) in [7, 11) is 1.68. The van der Waals surface area contributed by atoms with Gasteiger partial charge in [-0.2, -0.15) is 5.26 Å². The van der Waals surface area contributed by atoms with Gasteiger partial charge in [-0.3, -0.25) is 9.59 Å². The van der Waals surface area contributed by atoms with Crippen molar-refractivity contribution in [2.24, 2.45) is 17.8 Å². The van der Waals surface area contributed by atoms with Crippen molar-refractivity contribution in [1.82, 2.24) is 4.90 Å². The summed E-state index contributed by atoms with van der Waals surface area (Å²) in [6.07, 6.45) is 2.64. The minimum Gasteiger partial charge on any atom is -0.481 e. The van der Waals surface area contributed by atoms with E-state index in [1.54, 1.807) is 18.9 Å². The number of rotatable bonds is 4. The first-order valence-corrected chi connectivity index (χ1v) is 6.33. The molecule has 3 unspecified atom stereocenters. The van der Waals surface area contributed by atoms with Crippen LogP contribution in [0.2, 0.25) is 0 Å². The maximum Gasteiger partial charge on any atom is 0.306 e. The number of carboxylic acids is 1. The molecule has 1 rings (SSSR count). The molecule has 0 aromatic carbocycles. The molecule has 0 saturated heterocycles. The van der Waals surface area contributed by atoms with Gasteiger partial charge in [-0.25, -0.2) is 0 Å². The highest BCUT2D eigenvalue weighted by Gasteiger charge is 2.32. The van der Waals surface area contributed by atoms with Gasteiger partial charge >= 0.3 is 5.97 Å². The molecule has 5 nitrogen and oxygen atoms in total. The van der Waals surface area contributed by atoms with Gasteiger partial charge < -0.3 is 10.0 Å². The highest BCUT2D eigenvalue weighted by molar-refractivity contribution is 5.80. The van der Waals surface area contributed by atoms with Crippen molar-refractivity contribution in [2.45, 2.75) is 32.6 Å². The van der Waals surface area contributed by atoms with Crippen LogP contribution in [-0.4, -0.2) is 35.5 Å². The number of amides is 1. The van der Waals surface area contributed by atoms with Gasteiger partial charge in [-0.1, -0.05) is 6.42 Å². The van der Waals surface area contributed by atoms with Crippen LogP contribution in [0.3, 0.4) is 0 Å². The summed E-state index contributed by atoms with van der Waals surface area (Å²) in [4.78, 5) is 24.6. The lowest BCUT2D eigenvalue weighted by Gasteiger charge is -2.29. The fraction of sp³-hybridized carbons (Fsp3) is 0.769. The SMILES string of the molecule is CC(C#N)CN(C)C(=O)C1CCCC(C(=O)O)C1. The highest BCUT2D eigenvalue weighted by atomic mass is 16.4. The van der Waals surface area contributed by atoms with Crippen LogP contribution < -0.4 is 0 Å². The average molecular weight is 252 g/mol. The molecule has 1 fully saturated rings. The Morgan fingerprint density at radius 1 is 1.44 bits per heavy atom. The van der Waals surface area contributed by atoms with Gasteiger partial charge in [0, 0.05) is 19.5 Å². The van der Waals surface area contributed by atoms with E-state index < -0.39 is 11.9 Å². The second-order valence-corrected chi connectivity index (χ2v) is 5.15. The molecule has 0 aromatic rings. The molecular weight excluding hydrogens is 232 g/mol. The van der Waals surface area contributed by atoms with Gasteiger partial charge in [-0.15, -0.1) is 0 Å². The van der Waals surface area contributed by atoms with Gasteiger partial charge in [0.1, 0.15) is 0 Å². The summed E-state index contributed by atoms with van der Waals surface area (Å²) in [6.45, 7) is 2.17. The molecule has 18 heavy (non-hydrogen) atoms. The number of carboxylic acid groups (broad SMARTS) is 1. The van der Waals surface area contributed by atoms with E-state index >= 15 is 0 Å². The molecule has 0 radical (unpaired) electrons. The van der Waals surface area contributed by atoms with Crippen LogP contribution in [0.1, 0.15) is 32.6 Å². The van der Waals surface area contributed by atoms with Crippen molar-refractivity contribution in [3.8, 4) is 6.07 Å². The van der Waals surface area contributed by atoms with Crippen molar-refractivity contribution < 1.29 is 14.7 Å². The van der Waals surface area contributed by atoms with Crippen LogP contribution in [0.5, 0.6) is 0 Å². The second-order valence-electron chi connectivity index (χ2n) is 5.15. The summed E-state index contributed by atoms with van der Waals surface area (Å²) < 4.78 is 0. The van der Waals surface area contributed by atoms with Crippen molar-refractivity contribution in [3.63, 3.8) is 0 Å². The Labute approximate surface area is 107 Å². The molecule has 1 aliphatic carbocycles. The Bertz CT molecular complexity index is 362. The fourth-order valence-electron chi connectivity index (χ4n) is 2.49. The summed E-state index contributed by atoms with van der Waals surface area (Å²) in [5, 5.41) is 17.7. The van der Waals surface area contributed by atoms with Crippen molar-refractivity contribution in [3.05, 3.63) is 0 Å². The Morgan fingerprint density at radius 2 is 2.06 bits per heavy atom. The molecular formula is C13H20N2O3. The molecule has 5 heteroatoms. The lowest BCUT2D eigenvalue weighted by atomic mass is 9.80. The van der Waals surface area contributed by atoms with Gasteiger partial charge in [0.25, 0.3) is 0 Å². The minimum absolute atomic E-state index is 0.0250. The third-order valence-corrected chi connectivity index (χ3v) is 3.52. The van der Waals surface area contributed by atoms with E-state index in [1.807, 2.05) is 0 Å². The van der Waals surface area contributed by atoms with Crippen LogP contribution in [0.15, 0.2) is 0 Å². The monoisotopic (exact) mass is 252 g/mol. The van der Waals surface area contributed by atoms with Gasteiger partial charge in [0.15, 0.2) is 0 Å². The molecule has 0 heterocycles.